The number of piperidine rings is 1. The lowest BCUT2D eigenvalue weighted by atomic mass is 9.95. The number of halogens is 1. The third-order valence-electron chi connectivity index (χ3n) is 7.12. The van der Waals surface area contributed by atoms with Crippen LogP contribution in [-0.2, 0) is 0 Å². The maximum atomic E-state index is 4.62. The largest absolute Gasteiger partial charge is 0.372 e. The van der Waals surface area contributed by atoms with Gasteiger partial charge in [-0.15, -0.1) is 0 Å². The Hall–Kier alpha value is -3.05. The highest BCUT2D eigenvalue weighted by molar-refractivity contribution is 9.10. The predicted octanol–water partition coefficient (Wildman–Crippen LogP) is 11.1. The maximum absolute atomic E-state index is 4.62. The Bertz CT molecular complexity index is 1200. The van der Waals surface area contributed by atoms with Crippen molar-refractivity contribution in [2.75, 3.05) is 19.6 Å². The van der Waals surface area contributed by atoms with E-state index < -0.39 is 0 Å². The molecule has 0 bridgehead atoms. The Morgan fingerprint density at radius 2 is 1.60 bits per heavy atom. The summed E-state index contributed by atoms with van der Waals surface area (Å²) in [6, 6.07) is 8.66. The van der Waals surface area contributed by atoms with Gasteiger partial charge in [0.1, 0.15) is 5.82 Å². The van der Waals surface area contributed by atoms with Crippen LogP contribution in [0.15, 0.2) is 95.7 Å². The normalized spacial score (nSPS) is 13.8. The summed E-state index contributed by atoms with van der Waals surface area (Å²) < 4.78 is 2.94. The molecule has 2 aromatic rings. The van der Waals surface area contributed by atoms with Crippen LogP contribution in [0.1, 0.15) is 91.5 Å². The van der Waals surface area contributed by atoms with Crippen molar-refractivity contribution in [3.05, 3.63) is 113 Å². The minimum absolute atomic E-state index is 0.575. The van der Waals surface area contributed by atoms with Crippen molar-refractivity contribution >= 4 is 27.4 Å². The van der Waals surface area contributed by atoms with Crippen LogP contribution in [0, 0.1) is 19.8 Å². The molecule has 0 atom stereocenters. The second-order valence-corrected chi connectivity index (χ2v) is 10.5. The van der Waals surface area contributed by atoms with Crippen molar-refractivity contribution < 1.29 is 0 Å². The van der Waals surface area contributed by atoms with E-state index in [1.54, 1.807) is 0 Å². The molecule has 0 unspecified atom stereocenters. The lowest BCUT2D eigenvalue weighted by molar-refractivity contribution is 0.254. The van der Waals surface area contributed by atoms with Crippen LogP contribution in [0.4, 0.5) is 0 Å². The molecule has 0 amide bonds. The number of benzene rings is 1. The van der Waals surface area contributed by atoms with Crippen LogP contribution in [0.3, 0.4) is 0 Å². The molecular weight excluding hydrogens is 592 g/mol. The first-order valence-corrected chi connectivity index (χ1v) is 16.9. The van der Waals surface area contributed by atoms with Gasteiger partial charge in [0.05, 0.1) is 16.4 Å². The Morgan fingerprint density at radius 3 is 2.07 bits per heavy atom. The molecule has 1 aliphatic rings. The summed E-state index contributed by atoms with van der Waals surface area (Å²) >= 11 is 3.61. The van der Waals surface area contributed by atoms with Crippen LogP contribution in [0.25, 0.3) is 11.5 Å². The van der Waals surface area contributed by atoms with Crippen LogP contribution >= 0.6 is 15.9 Å². The lowest BCUT2D eigenvalue weighted by Crippen LogP contribution is -2.36. The molecule has 0 saturated carbocycles. The highest BCUT2D eigenvalue weighted by atomic mass is 79.9. The van der Waals surface area contributed by atoms with E-state index in [9.17, 15) is 0 Å². The molecule has 238 valence electrons. The average Bonchev–Trinajstić information content (AvgIpc) is 3.39. The lowest BCUT2D eigenvalue weighted by Gasteiger charge is -2.35. The zero-order valence-corrected chi connectivity index (χ0v) is 30.4. The molecule has 0 spiro atoms. The molecule has 1 aliphatic heterocycles. The van der Waals surface area contributed by atoms with E-state index in [0.29, 0.717) is 5.92 Å². The van der Waals surface area contributed by atoms with Gasteiger partial charge < -0.3 is 10.2 Å². The summed E-state index contributed by atoms with van der Waals surface area (Å²) in [6.45, 7) is 36.0. The summed E-state index contributed by atoms with van der Waals surface area (Å²) in [4.78, 5) is 2.42. The van der Waals surface area contributed by atoms with E-state index in [0.717, 1.165) is 71.7 Å². The van der Waals surface area contributed by atoms with Crippen LogP contribution in [0.2, 0.25) is 0 Å². The van der Waals surface area contributed by atoms with Gasteiger partial charge in [0.25, 0.3) is 0 Å². The Labute approximate surface area is 273 Å². The molecule has 1 saturated heterocycles. The Balaban J connectivity index is 0.00000276. The summed E-state index contributed by atoms with van der Waals surface area (Å²) in [7, 11) is 0. The van der Waals surface area contributed by atoms with E-state index in [4.69, 9.17) is 0 Å². The van der Waals surface area contributed by atoms with Gasteiger partial charge in [-0.1, -0.05) is 116 Å². The number of rotatable bonds is 11. The van der Waals surface area contributed by atoms with Gasteiger partial charge in [0.2, 0.25) is 0 Å². The second kappa shape index (κ2) is 22.5. The highest BCUT2D eigenvalue weighted by Crippen LogP contribution is 2.27. The number of nitrogens with one attached hydrogen (secondary N) is 1. The first-order chi connectivity index (χ1) is 20.8. The molecule has 0 aliphatic carbocycles. The molecule has 43 heavy (non-hydrogen) atoms. The van der Waals surface area contributed by atoms with Crippen molar-refractivity contribution in [2.24, 2.45) is 5.92 Å². The minimum atomic E-state index is 0.575. The monoisotopic (exact) mass is 650 g/mol. The topological polar surface area (TPSA) is 33.1 Å². The summed E-state index contributed by atoms with van der Waals surface area (Å²) in [5.74, 6) is 1.51. The number of aryl methyl sites for hydroxylation is 1. The van der Waals surface area contributed by atoms with Crippen molar-refractivity contribution in [1.29, 1.82) is 0 Å². The Kier molecular flexibility index (Phi) is 20.9. The number of nitrogens with zero attached hydrogens (tertiary/aromatic N) is 3. The zero-order valence-electron chi connectivity index (χ0n) is 28.9. The van der Waals surface area contributed by atoms with E-state index >= 15 is 0 Å². The van der Waals surface area contributed by atoms with Gasteiger partial charge in [-0.3, -0.25) is 0 Å². The van der Waals surface area contributed by atoms with Gasteiger partial charge in [-0.05, 0) is 90.2 Å². The van der Waals surface area contributed by atoms with Crippen molar-refractivity contribution in [1.82, 2.24) is 20.0 Å². The fourth-order valence-electron chi connectivity index (χ4n) is 4.76. The fraction of sp³-hybridized carbons (Fsp3) is 0.447. The summed E-state index contributed by atoms with van der Waals surface area (Å²) in [6.07, 6.45) is 13.1. The first-order valence-electron chi connectivity index (χ1n) is 16.1. The molecule has 5 heteroatoms. The molecule has 2 heterocycles. The van der Waals surface area contributed by atoms with E-state index in [1.165, 1.54) is 16.7 Å². The molecule has 1 N–H and O–H groups in total. The van der Waals surface area contributed by atoms with Crippen molar-refractivity contribution in [3.63, 3.8) is 0 Å². The highest BCUT2D eigenvalue weighted by Gasteiger charge is 2.21. The van der Waals surface area contributed by atoms with Gasteiger partial charge in [-0.25, -0.2) is 4.68 Å². The number of hydrogen-bond donors (Lipinski definition) is 1. The minimum Gasteiger partial charge on any atom is -0.372 e. The third-order valence-corrected chi connectivity index (χ3v) is 7.90. The van der Waals surface area contributed by atoms with Crippen LogP contribution in [0.5, 0.6) is 0 Å². The van der Waals surface area contributed by atoms with Gasteiger partial charge in [-0.2, -0.15) is 5.10 Å². The molecule has 4 nitrogen and oxygen atoms in total. The molecule has 1 fully saturated rings. The number of likely N-dealkylation sites (tertiary alicyclic amines) is 1. The SMILES string of the molecule is C=C/C=C(CC)\C(=C/C)C(=C)/C=C(/NCC1CCN(C(=C)c2ccc(C)cc2)CC1)n1ncc(Br)c1C.CC.CC.CC. The number of hydrogen-bond acceptors (Lipinski definition) is 3. The standard InChI is InChI=1S/C32H41BrN4.3C2H6/c1-8-11-28(9-2)30(10-3)24(5)20-32(37-26(7)31(33)22-35-37)34-21-27-16-18-36(19-17-27)25(6)29-14-12-23(4)13-15-29;3*1-2/h8,10-15,20,22,27,34H,1,5-6,9,16-19,21H2,2-4,7H3;3*1-2H3/b28-11-,30-10-,32-20-;;;. The fourth-order valence-corrected chi connectivity index (χ4v) is 5.02. The summed E-state index contributed by atoms with van der Waals surface area (Å²) in [5, 5.41) is 8.33. The smallest absolute Gasteiger partial charge is 0.128 e. The number of aromatic nitrogens is 2. The summed E-state index contributed by atoms with van der Waals surface area (Å²) in [5.41, 5.74) is 7.97. The maximum Gasteiger partial charge on any atom is 0.128 e. The van der Waals surface area contributed by atoms with Gasteiger partial charge >= 0.3 is 0 Å². The van der Waals surface area contributed by atoms with Crippen LogP contribution < -0.4 is 5.32 Å². The second-order valence-electron chi connectivity index (χ2n) is 9.65. The first kappa shape index (κ1) is 40.0. The van der Waals surface area contributed by atoms with Crippen molar-refractivity contribution in [2.45, 2.75) is 88.5 Å². The molecule has 3 rings (SSSR count). The van der Waals surface area contributed by atoms with Gasteiger partial charge in [0, 0.05) is 25.3 Å². The van der Waals surface area contributed by atoms with Crippen molar-refractivity contribution in [3.8, 4) is 0 Å². The Morgan fingerprint density at radius 1 is 1.02 bits per heavy atom. The van der Waals surface area contributed by atoms with E-state index in [2.05, 4.69) is 121 Å². The predicted molar refractivity (Wildman–Crippen MR) is 197 cm³/mol. The van der Waals surface area contributed by atoms with Gasteiger partial charge in [0.15, 0.2) is 0 Å². The van der Waals surface area contributed by atoms with Crippen LogP contribution in [-0.4, -0.2) is 34.3 Å². The molecular formula is C38H59BrN4. The average molecular weight is 652 g/mol. The molecule has 1 aromatic carbocycles. The zero-order chi connectivity index (χ0) is 32.9. The van der Waals surface area contributed by atoms with E-state index in [1.807, 2.05) is 58.5 Å². The molecule has 1 aromatic heterocycles. The number of allylic oxidation sites excluding steroid dienone is 7. The van der Waals surface area contributed by atoms with E-state index in [-0.39, 0.29) is 0 Å². The quantitative estimate of drug-likeness (QED) is 0.246. The third kappa shape index (κ3) is 12.2. The molecule has 0 radical (unpaired) electrons.